The fourth-order valence-electron chi connectivity index (χ4n) is 2.46. The number of aryl methyl sites for hydroxylation is 1. The van der Waals surface area contributed by atoms with Crippen molar-refractivity contribution in [3.05, 3.63) is 77.4 Å². The second-order valence-electron chi connectivity index (χ2n) is 5.11. The van der Waals surface area contributed by atoms with Gasteiger partial charge in [-0.3, -0.25) is 0 Å². The van der Waals surface area contributed by atoms with Crippen molar-refractivity contribution in [1.29, 1.82) is 0 Å². The first-order valence-corrected chi connectivity index (χ1v) is 6.54. The normalized spacial score (nSPS) is 10.8. The Morgan fingerprint density at radius 3 is 2.37 bits per heavy atom. The molecule has 19 heavy (non-hydrogen) atoms. The van der Waals surface area contributed by atoms with E-state index < -0.39 is 0 Å². The smallest absolute Gasteiger partial charge is 0.0316 e. The molecule has 0 aromatic heterocycles. The first-order chi connectivity index (χ1) is 9.20. The Bertz CT molecular complexity index is 729. The Morgan fingerprint density at radius 2 is 1.53 bits per heavy atom. The number of hydrogen-bond acceptors (Lipinski definition) is 1. The second-order valence-corrected chi connectivity index (χ2v) is 5.11. The summed E-state index contributed by atoms with van der Waals surface area (Å²) in [4.78, 5) is 0. The van der Waals surface area contributed by atoms with Gasteiger partial charge in [-0.15, -0.1) is 0 Å². The monoisotopic (exact) mass is 247 g/mol. The zero-order valence-electron chi connectivity index (χ0n) is 11.1. The van der Waals surface area contributed by atoms with Crippen LogP contribution in [0.4, 0.5) is 5.69 Å². The molecule has 1 nitrogen and oxygen atoms in total. The van der Waals surface area contributed by atoms with E-state index in [1.165, 1.54) is 27.5 Å². The third-order valence-corrected chi connectivity index (χ3v) is 3.42. The number of fused-ring (bicyclic) bond motifs is 1. The van der Waals surface area contributed by atoms with Crippen LogP contribution < -0.4 is 5.73 Å². The fourth-order valence-corrected chi connectivity index (χ4v) is 2.46. The summed E-state index contributed by atoms with van der Waals surface area (Å²) in [6.07, 6.45) is 0.925. The van der Waals surface area contributed by atoms with Crippen molar-refractivity contribution in [3.8, 4) is 0 Å². The predicted molar refractivity (Wildman–Crippen MR) is 82.3 cm³/mol. The van der Waals surface area contributed by atoms with Gasteiger partial charge >= 0.3 is 0 Å². The van der Waals surface area contributed by atoms with Gasteiger partial charge in [0.25, 0.3) is 0 Å². The maximum absolute atomic E-state index is 5.82. The molecule has 0 bridgehead atoms. The van der Waals surface area contributed by atoms with Crippen LogP contribution in [0.5, 0.6) is 0 Å². The van der Waals surface area contributed by atoms with Crippen molar-refractivity contribution in [3.63, 3.8) is 0 Å². The molecular weight excluding hydrogens is 230 g/mol. The highest BCUT2D eigenvalue weighted by atomic mass is 14.5. The van der Waals surface area contributed by atoms with Crippen LogP contribution in [0.3, 0.4) is 0 Å². The summed E-state index contributed by atoms with van der Waals surface area (Å²) in [6, 6.07) is 21.3. The SMILES string of the molecule is Cc1ccc2cc(Cc3cccc(N)c3)ccc2c1. The summed E-state index contributed by atoms with van der Waals surface area (Å²) >= 11 is 0. The van der Waals surface area contributed by atoms with Crippen LogP contribution in [0.25, 0.3) is 10.8 Å². The van der Waals surface area contributed by atoms with Gasteiger partial charge in [0.1, 0.15) is 0 Å². The van der Waals surface area contributed by atoms with E-state index in [9.17, 15) is 0 Å². The molecule has 0 unspecified atom stereocenters. The molecule has 2 N–H and O–H groups in total. The standard InChI is InChI=1S/C18H17N/c1-13-5-7-17-11-15(6-8-16(17)9-13)10-14-3-2-4-18(19)12-14/h2-9,11-12H,10,19H2,1H3. The molecule has 0 aliphatic heterocycles. The maximum atomic E-state index is 5.82. The molecule has 0 saturated heterocycles. The van der Waals surface area contributed by atoms with Crippen LogP contribution in [-0.2, 0) is 6.42 Å². The molecule has 1 heteroatoms. The third-order valence-electron chi connectivity index (χ3n) is 3.42. The van der Waals surface area contributed by atoms with Crippen LogP contribution >= 0.6 is 0 Å². The van der Waals surface area contributed by atoms with E-state index in [-0.39, 0.29) is 0 Å². The number of nitrogen functional groups attached to an aromatic ring is 1. The number of benzene rings is 3. The van der Waals surface area contributed by atoms with Crippen molar-refractivity contribution < 1.29 is 0 Å². The molecule has 0 fully saturated rings. The number of rotatable bonds is 2. The summed E-state index contributed by atoms with van der Waals surface area (Å²) in [5, 5.41) is 2.60. The summed E-state index contributed by atoms with van der Waals surface area (Å²) in [7, 11) is 0. The van der Waals surface area contributed by atoms with E-state index in [1.54, 1.807) is 0 Å². The van der Waals surface area contributed by atoms with E-state index in [0.717, 1.165) is 12.1 Å². The van der Waals surface area contributed by atoms with Crippen LogP contribution in [0.2, 0.25) is 0 Å². The summed E-state index contributed by atoms with van der Waals surface area (Å²) in [5.74, 6) is 0. The number of nitrogens with two attached hydrogens (primary N) is 1. The second kappa shape index (κ2) is 4.77. The molecule has 94 valence electrons. The quantitative estimate of drug-likeness (QED) is 0.670. The predicted octanol–water partition coefficient (Wildman–Crippen LogP) is 4.32. The minimum Gasteiger partial charge on any atom is -0.399 e. The van der Waals surface area contributed by atoms with Crippen LogP contribution in [0.15, 0.2) is 60.7 Å². The number of hydrogen-bond donors (Lipinski definition) is 1. The van der Waals surface area contributed by atoms with E-state index >= 15 is 0 Å². The highest BCUT2D eigenvalue weighted by molar-refractivity contribution is 5.83. The Kier molecular flexibility index (Phi) is 2.96. The molecule has 3 aromatic rings. The van der Waals surface area contributed by atoms with Gasteiger partial charge in [0, 0.05) is 5.69 Å². The Morgan fingerprint density at radius 1 is 0.789 bits per heavy atom. The minimum atomic E-state index is 0.828. The minimum absolute atomic E-state index is 0.828. The van der Waals surface area contributed by atoms with Crippen LogP contribution in [0.1, 0.15) is 16.7 Å². The van der Waals surface area contributed by atoms with Crippen LogP contribution in [0, 0.1) is 6.92 Å². The molecule has 0 heterocycles. The molecule has 0 saturated carbocycles. The summed E-state index contributed by atoms with van der Waals surface area (Å²) in [6.45, 7) is 2.13. The zero-order valence-corrected chi connectivity index (χ0v) is 11.1. The van der Waals surface area contributed by atoms with Gasteiger partial charge in [0.05, 0.1) is 0 Å². The lowest BCUT2D eigenvalue weighted by Gasteiger charge is -2.06. The Balaban J connectivity index is 1.95. The van der Waals surface area contributed by atoms with Crippen molar-refractivity contribution in [2.45, 2.75) is 13.3 Å². The molecule has 3 aromatic carbocycles. The lowest BCUT2D eigenvalue weighted by molar-refractivity contribution is 1.20. The zero-order chi connectivity index (χ0) is 13.2. The molecule has 0 radical (unpaired) electrons. The first kappa shape index (κ1) is 11.8. The van der Waals surface area contributed by atoms with Gasteiger partial charge in [-0.05, 0) is 47.4 Å². The third kappa shape index (κ3) is 2.60. The molecule has 0 atom stereocenters. The topological polar surface area (TPSA) is 26.0 Å². The van der Waals surface area contributed by atoms with E-state index in [2.05, 4.69) is 49.4 Å². The molecule has 0 aliphatic carbocycles. The maximum Gasteiger partial charge on any atom is 0.0316 e. The van der Waals surface area contributed by atoms with Gasteiger partial charge < -0.3 is 5.73 Å². The van der Waals surface area contributed by atoms with Gasteiger partial charge in [-0.1, -0.05) is 54.1 Å². The molecular formula is C18H17N. The van der Waals surface area contributed by atoms with Crippen molar-refractivity contribution in [2.75, 3.05) is 5.73 Å². The summed E-state index contributed by atoms with van der Waals surface area (Å²) < 4.78 is 0. The van der Waals surface area contributed by atoms with E-state index in [1.807, 2.05) is 18.2 Å². The lowest BCUT2D eigenvalue weighted by atomic mass is 10.00. The molecule has 0 amide bonds. The Labute approximate surface area is 113 Å². The van der Waals surface area contributed by atoms with E-state index in [4.69, 9.17) is 5.73 Å². The number of anilines is 1. The highest BCUT2D eigenvalue weighted by Gasteiger charge is 2.00. The fraction of sp³-hybridized carbons (Fsp3) is 0.111. The van der Waals surface area contributed by atoms with Crippen molar-refractivity contribution >= 4 is 16.5 Å². The van der Waals surface area contributed by atoms with Gasteiger partial charge in [0.15, 0.2) is 0 Å². The first-order valence-electron chi connectivity index (χ1n) is 6.54. The van der Waals surface area contributed by atoms with E-state index in [0.29, 0.717) is 0 Å². The Hall–Kier alpha value is -2.28. The van der Waals surface area contributed by atoms with Gasteiger partial charge in [0.2, 0.25) is 0 Å². The summed E-state index contributed by atoms with van der Waals surface area (Å²) in [5.41, 5.74) is 10.5. The van der Waals surface area contributed by atoms with Gasteiger partial charge in [-0.25, -0.2) is 0 Å². The average molecular weight is 247 g/mol. The van der Waals surface area contributed by atoms with Crippen molar-refractivity contribution in [1.82, 2.24) is 0 Å². The van der Waals surface area contributed by atoms with Crippen molar-refractivity contribution in [2.24, 2.45) is 0 Å². The highest BCUT2D eigenvalue weighted by Crippen LogP contribution is 2.20. The van der Waals surface area contributed by atoms with Crippen LogP contribution in [-0.4, -0.2) is 0 Å². The lowest BCUT2D eigenvalue weighted by Crippen LogP contribution is -1.91. The molecule has 0 aliphatic rings. The largest absolute Gasteiger partial charge is 0.399 e. The molecule has 3 rings (SSSR count). The molecule has 0 spiro atoms. The van der Waals surface area contributed by atoms with Gasteiger partial charge in [-0.2, -0.15) is 0 Å². The average Bonchev–Trinajstić information content (AvgIpc) is 2.39.